The van der Waals surface area contributed by atoms with E-state index in [9.17, 15) is 49.3 Å². The maximum atomic E-state index is 13.2. The van der Waals surface area contributed by atoms with Gasteiger partial charge in [-0.25, -0.2) is 4.79 Å². The van der Waals surface area contributed by atoms with Crippen molar-refractivity contribution in [2.45, 2.75) is 47.0 Å². The van der Waals surface area contributed by atoms with Crippen LogP contribution >= 0.6 is 0 Å². The van der Waals surface area contributed by atoms with Gasteiger partial charge in [0.2, 0.25) is 5.91 Å². The smallest absolute Gasteiger partial charge is 0.339 e. The van der Waals surface area contributed by atoms with E-state index in [2.05, 4.69) is 16.0 Å². The lowest BCUT2D eigenvalue weighted by Gasteiger charge is -2.15. The molecule has 0 aliphatic rings. The number of aromatic hydroxyl groups is 2. The number of phenols is 2. The highest BCUT2D eigenvalue weighted by molar-refractivity contribution is 6.09. The first-order chi connectivity index (χ1) is 28.6. The number of carboxylic acids is 1. The number of anilines is 3. The molecule has 1 atom stereocenters. The van der Waals surface area contributed by atoms with Crippen molar-refractivity contribution in [2.75, 3.05) is 16.0 Å². The highest BCUT2D eigenvalue weighted by Gasteiger charge is 2.24. The zero-order valence-corrected chi connectivity index (χ0v) is 33.3. The van der Waals surface area contributed by atoms with Gasteiger partial charge in [0.05, 0.1) is 17.6 Å². The molecule has 0 fully saturated rings. The first kappa shape index (κ1) is 43.3. The van der Waals surface area contributed by atoms with Crippen molar-refractivity contribution in [3.8, 4) is 17.6 Å². The van der Waals surface area contributed by atoms with Crippen molar-refractivity contribution in [1.29, 1.82) is 5.26 Å². The summed E-state index contributed by atoms with van der Waals surface area (Å²) in [6.45, 7) is 6.68. The number of phenolic OH excluding ortho intramolecular Hbond substituents is 1. The summed E-state index contributed by atoms with van der Waals surface area (Å²) in [4.78, 5) is 76.6. The number of hydrogen-bond donors (Lipinski definition) is 6. The molecular weight excluding hydrogens is 765 g/mol. The number of carbonyl (C=O) groups excluding carboxylic acids is 5. The van der Waals surface area contributed by atoms with Crippen LogP contribution in [0.15, 0.2) is 103 Å². The van der Waals surface area contributed by atoms with E-state index in [-0.39, 0.29) is 70.0 Å². The van der Waals surface area contributed by atoms with Crippen LogP contribution in [0.1, 0.15) is 89.0 Å². The number of carboxylic acid groups (broad SMARTS) is 1. The van der Waals surface area contributed by atoms with Gasteiger partial charge in [0.1, 0.15) is 17.1 Å². The second kappa shape index (κ2) is 19.1. The Morgan fingerprint density at radius 3 is 1.82 bits per heavy atom. The van der Waals surface area contributed by atoms with E-state index in [0.29, 0.717) is 16.8 Å². The number of allylic oxidation sites excluding steroid dienone is 1. The summed E-state index contributed by atoms with van der Waals surface area (Å²) < 4.78 is 0. The Labute approximate surface area is 346 Å². The van der Waals surface area contributed by atoms with Gasteiger partial charge in [-0.3, -0.25) is 24.0 Å². The number of benzene rings is 5. The van der Waals surface area contributed by atoms with Crippen molar-refractivity contribution in [1.82, 2.24) is 0 Å². The molecule has 3 amide bonds. The third-order valence-corrected chi connectivity index (χ3v) is 9.93. The molecule has 60 heavy (non-hydrogen) atoms. The molecule has 5 aromatic rings. The molecular formula is C47H42N4O9. The molecule has 0 bridgehead atoms. The Morgan fingerprint density at radius 2 is 1.23 bits per heavy atom. The summed E-state index contributed by atoms with van der Waals surface area (Å²) in [6, 6.07) is 27.4. The van der Waals surface area contributed by atoms with Gasteiger partial charge in [-0.15, -0.1) is 0 Å². The number of carbonyl (C=O) groups is 6. The van der Waals surface area contributed by atoms with E-state index < -0.39 is 41.1 Å². The molecule has 5 rings (SSSR count). The minimum absolute atomic E-state index is 0.0524. The Kier molecular flexibility index (Phi) is 13.7. The molecule has 0 aliphatic carbocycles. The maximum Gasteiger partial charge on any atom is 0.339 e. The highest BCUT2D eigenvalue weighted by Crippen LogP contribution is 2.33. The van der Waals surface area contributed by atoms with Gasteiger partial charge in [0, 0.05) is 58.6 Å². The number of Topliss-reactive ketones (excluding diaryl/α,β-unsaturated/α-hetero) is 2. The van der Waals surface area contributed by atoms with E-state index in [1.165, 1.54) is 56.3 Å². The molecule has 0 aromatic heterocycles. The lowest BCUT2D eigenvalue weighted by atomic mass is 9.94. The normalized spacial score (nSPS) is 11.5. The summed E-state index contributed by atoms with van der Waals surface area (Å²) in [5.74, 6) is -5.48. The van der Waals surface area contributed by atoms with Crippen LogP contribution in [0.3, 0.4) is 0 Å². The summed E-state index contributed by atoms with van der Waals surface area (Å²) in [7, 11) is 0. The van der Waals surface area contributed by atoms with Crippen molar-refractivity contribution < 1.29 is 44.1 Å². The van der Waals surface area contributed by atoms with Crippen LogP contribution in [0.4, 0.5) is 17.1 Å². The van der Waals surface area contributed by atoms with Crippen LogP contribution in [-0.4, -0.2) is 50.6 Å². The van der Waals surface area contributed by atoms with Crippen molar-refractivity contribution in [2.24, 2.45) is 5.92 Å². The first-order valence-corrected chi connectivity index (χ1v) is 18.8. The summed E-state index contributed by atoms with van der Waals surface area (Å²) >= 11 is 0. The Bertz CT molecular complexity index is 2570. The molecule has 0 radical (unpaired) electrons. The molecule has 0 spiro atoms. The second-order valence-corrected chi connectivity index (χ2v) is 14.3. The van der Waals surface area contributed by atoms with E-state index in [0.717, 1.165) is 22.8 Å². The molecule has 13 heteroatoms. The predicted octanol–water partition coefficient (Wildman–Crippen LogP) is 8.18. The standard InChI is InChI=1S/C47H42N4O9/c1-26-5-7-30(8-6-26)23-27(2)40(52)24-31-9-11-32(12-10-31)41(53)25-34(21-22-48)45(57)49-35-15-13-33(14-16-35)44(56)50-38-19-17-36(42(54)28(38)3)46(58)51-39-20-18-37(47(59)60)43(55)29(39)4/h5-20,23,34,54-55H,21,24-25H2,1-4H3,(H,49,57)(H,50,56)(H,51,58)(H,59,60)/b27-23+. The number of rotatable bonds is 15. The molecule has 13 nitrogen and oxygen atoms in total. The van der Waals surface area contributed by atoms with Crippen LogP contribution in [0, 0.1) is 38.0 Å². The van der Waals surface area contributed by atoms with E-state index in [1.807, 2.05) is 43.3 Å². The fourth-order valence-electron chi connectivity index (χ4n) is 6.20. The number of aromatic carboxylic acids is 1. The molecule has 0 saturated heterocycles. The minimum atomic E-state index is -1.34. The summed E-state index contributed by atoms with van der Waals surface area (Å²) in [6.07, 6.45) is 1.54. The van der Waals surface area contributed by atoms with Gasteiger partial charge in [-0.1, -0.05) is 54.1 Å². The average molecular weight is 807 g/mol. The van der Waals surface area contributed by atoms with Crippen LogP contribution in [0.2, 0.25) is 0 Å². The number of hydrogen-bond acceptors (Lipinski definition) is 9. The third kappa shape index (κ3) is 10.6. The van der Waals surface area contributed by atoms with Gasteiger partial charge < -0.3 is 31.3 Å². The highest BCUT2D eigenvalue weighted by atomic mass is 16.4. The Morgan fingerprint density at radius 1 is 0.683 bits per heavy atom. The predicted molar refractivity (Wildman–Crippen MR) is 226 cm³/mol. The number of ketones is 2. The van der Waals surface area contributed by atoms with Gasteiger partial charge >= 0.3 is 5.97 Å². The quantitative estimate of drug-likeness (QED) is 0.0440. The molecule has 1 unspecified atom stereocenters. The van der Waals surface area contributed by atoms with Gasteiger partial charge in [-0.05, 0) is 99.0 Å². The average Bonchev–Trinajstić information content (AvgIpc) is 3.22. The molecule has 0 saturated carbocycles. The monoisotopic (exact) mass is 806 g/mol. The zero-order chi connectivity index (χ0) is 43.7. The van der Waals surface area contributed by atoms with Crippen LogP contribution in [-0.2, 0) is 16.0 Å². The van der Waals surface area contributed by atoms with E-state index in [1.54, 1.807) is 31.2 Å². The maximum absolute atomic E-state index is 13.2. The molecule has 0 heterocycles. The number of aryl methyl sites for hydroxylation is 1. The van der Waals surface area contributed by atoms with Crippen molar-refractivity contribution in [3.63, 3.8) is 0 Å². The lowest BCUT2D eigenvalue weighted by molar-refractivity contribution is -0.119. The van der Waals surface area contributed by atoms with Gasteiger partial charge in [-0.2, -0.15) is 5.26 Å². The molecule has 6 N–H and O–H groups in total. The van der Waals surface area contributed by atoms with Crippen molar-refractivity contribution in [3.05, 3.63) is 153 Å². The minimum Gasteiger partial charge on any atom is -0.507 e. The zero-order valence-electron chi connectivity index (χ0n) is 33.3. The SMILES string of the molecule is C/C(=C\c1ccc(C)cc1)C(=O)Cc1ccc(C(=O)CC(CC#N)C(=O)Nc2ccc(C(=O)Nc3ccc(C(=O)Nc4ccc(C(=O)O)c(O)c4C)c(O)c3C)cc2)cc1. The van der Waals surface area contributed by atoms with Crippen LogP contribution < -0.4 is 16.0 Å². The van der Waals surface area contributed by atoms with Crippen LogP contribution in [0.25, 0.3) is 6.08 Å². The Hall–Kier alpha value is -7.85. The van der Waals surface area contributed by atoms with E-state index in [4.69, 9.17) is 0 Å². The van der Waals surface area contributed by atoms with Crippen molar-refractivity contribution >= 4 is 58.4 Å². The van der Waals surface area contributed by atoms with Gasteiger partial charge in [0.25, 0.3) is 11.8 Å². The van der Waals surface area contributed by atoms with E-state index >= 15 is 0 Å². The second-order valence-electron chi connectivity index (χ2n) is 14.3. The van der Waals surface area contributed by atoms with Gasteiger partial charge in [0.15, 0.2) is 11.6 Å². The fourth-order valence-corrected chi connectivity index (χ4v) is 6.20. The lowest BCUT2D eigenvalue weighted by Crippen LogP contribution is -2.25. The number of amides is 3. The fraction of sp³-hybridized carbons (Fsp3) is 0.170. The molecule has 5 aromatic carbocycles. The summed E-state index contributed by atoms with van der Waals surface area (Å²) in [5, 5.41) is 47.6. The molecule has 304 valence electrons. The number of nitrogens with zero attached hydrogens (tertiary/aromatic N) is 1. The topological polar surface area (TPSA) is 223 Å². The number of nitrogens with one attached hydrogen (secondary N) is 3. The Balaban J connectivity index is 1.16. The largest absolute Gasteiger partial charge is 0.507 e. The number of nitriles is 1. The first-order valence-electron chi connectivity index (χ1n) is 18.8. The summed E-state index contributed by atoms with van der Waals surface area (Å²) in [5.41, 5.74) is 4.42. The van der Waals surface area contributed by atoms with Crippen LogP contribution in [0.5, 0.6) is 11.5 Å². The third-order valence-electron chi connectivity index (χ3n) is 9.93. The molecule has 0 aliphatic heterocycles.